The van der Waals surface area contributed by atoms with Crippen molar-refractivity contribution in [3.8, 4) is 5.75 Å². The molecule has 1 N–H and O–H groups in total. The van der Waals surface area contributed by atoms with Crippen LogP contribution in [0, 0.1) is 0 Å². The van der Waals surface area contributed by atoms with Gasteiger partial charge in [-0.25, -0.2) is 0 Å². The summed E-state index contributed by atoms with van der Waals surface area (Å²) in [4.78, 5) is 0. The van der Waals surface area contributed by atoms with Gasteiger partial charge in [0.2, 0.25) is 0 Å². The van der Waals surface area contributed by atoms with Crippen molar-refractivity contribution in [2.75, 3.05) is 7.11 Å². The lowest BCUT2D eigenvalue weighted by Gasteiger charge is -2.14. The van der Waals surface area contributed by atoms with Crippen LogP contribution in [-0.2, 0) is 0 Å². The molecule has 0 aliphatic heterocycles. The van der Waals surface area contributed by atoms with Crippen molar-refractivity contribution in [1.29, 1.82) is 0 Å². The standard InChI is InChI=1S/C18H29BrO2/c1-3-4-5-6-7-8-9-10-11-18(20)16-14-15(21-2)12-13-17(16)19/h12-14,18,20H,3-11H2,1-2H3. The van der Waals surface area contributed by atoms with Crippen molar-refractivity contribution < 1.29 is 9.84 Å². The van der Waals surface area contributed by atoms with Crippen molar-refractivity contribution in [3.05, 3.63) is 28.2 Å². The van der Waals surface area contributed by atoms with Crippen molar-refractivity contribution in [2.24, 2.45) is 0 Å². The van der Waals surface area contributed by atoms with Crippen LogP contribution in [0.3, 0.4) is 0 Å². The highest BCUT2D eigenvalue weighted by Crippen LogP contribution is 2.30. The molecule has 0 bridgehead atoms. The van der Waals surface area contributed by atoms with Crippen LogP contribution in [0.5, 0.6) is 5.75 Å². The summed E-state index contributed by atoms with van der Waals surface area (Å²) < 4.78 is 6.17. The fourth-order valence-corrected chi connectivity index (χ4v) is 3.04. The number of unbranched alkanes of at least 4 members (excludes halogenated alkanes) is 7. The van der Waals surface area contributed by atoms with Crippen molar-refractivity contribution in [3.63, 3.8) is 0 Å². The maximum absolute atomic E-state index is 10.3. The first kappa shape index (κ1) is 18.5. The summed E-state index contributed by atoms with van der Waals surface area (Å²) >= 11 is 3.50. The average Bonchev–Trinajstić information content (AvgIpc) is 2.50. The van der Waals surface area contributed by atoms with E-state index in [2.05, 4.69) is 22.9 Å². The molecule has 0 heterocycles. The van der Waals surface area contributed by atoms with Gasteiger partial charge in [0.05, 0.1) is 13.2 Å². The largest absolute Gasteiger partial charge is 0.497 e. The van der Waals surface area contributed by atoms with E-state index in [1.54, 1.807) is 7.11 Å². The fourth-order valence-electron chi connectivity index (χ4n) is 2.53. The summed E-state index contributed by atoms with van der Waals surface area (Å²) in [6.45, 7) is 2.25. The number of halogens is 1. The van der Waals surface area contributed by atoms with Crippen LogP contribution in [0.15, 0.2) is 22.7 Å². The zero-order valence-electron chi connectivity index (χ0n) is 13.4. The molecule has 0 radical (unpaired) electrons. The van der Waals surface area contributed by atoms with E-state index in [9.17, 15) is 5.11 Å². The lowest BCUT2D eigenvalue weighted by atomic mass is 10.0. The lowest BCUT2D eigenvalue weighted by Crippen LogP contribution is -1.99. The van der Waals surface area contributed by atoms with Crippen molar-refractivity contribution in [2.45, 2.75) is 70.8 Å². The summed E-state index contributed by atoms with van der Waals surface area (Å²) in [7, 11) is 1.65. The van der Waals surface area contributed by atoms with E-state index < -0.39 is 6.10 Å². The van der Waals surface area contributed by atoms with Gasteiger partial charge in [0.25, 0.3) is 0 Å². The van der Waals surface area contributed by atoms with E-state index in [1.807, 2.05) is 18.2 Å². The smallest absolute Gasteiger partial charge is 0.119 e. The first-order chi connectivity index (χ1) is 10.2. The second kappa shape index (κ2) is 11.1. The Hall–Kier alpha value is -0.540. The predicted molar refractivity (Wildman–Crippen MR) is 92.9 cm³/mol. The third-order valence-corrected chi connectivity index (χ3v) is 4.62. The molecule has 1 unspecified atom stereocenters. The zero-order valence-corrected chi connectivity index (χ0v) is 15.0. The molecule has 0 fully saturated rings. The maximum atomic E-state index is 10.3. The molecule has 0 saturated carbocycles. The molecule has 3 heteroatoms. The minimum absolute atomic E-state index is 0.408. The van der Waals surface area contributed by atoms with E-state index in [0.717, 1.165) is 28.6 Å². The summed E-state index contributed by atoms with van der Waals surface area (Å²) in [5.41, 5.74) is 0.928. The summed E-state index contributed by atoms with van der Waals surface area (Å²) in [6, 6.07) is 5.75. The first-order valence-corrected chi connectivity index (χ1v) is 8.99. The van der Waals surface area contributed by atoms with Gasteiger partial charge >= 0.3 is 0 Å². The molecule has 0 amide bonds. The van der Waals surface area contributed by atoms with Gasteiger partial charge in [0.1, 0.15) is 5.75 Å². The Morgan fingerprint density at radius 2 is 1.67 bits per heavy atom. The molecule has 1 aromatic carbocycles. The number of methoxy groups -OCH3 is 1. The number of aliphatic hydroxyl groups is 1. The number of rotatable bonds is 11. The molecule has 1 atom stereocenters. The van der Waals surface area contributed by atoms with Crippen LogP contribution in [0.2, 0.25) is 0 Å². The SMILES string of the molecule is CCCCCCCCCCC(O)c1cc(OC)ccc1Br. The van der Waals surface area contributed by atoms with E-state index in [4.69, 9.17) is 4.74 Å². The molecule has 0 aromatic heterocycles. The molecule has 2 nitrogen and oxygen atoms in total. The quantitative estimate of drug-likeness (QED) is 0.491. The Bertz CT molecular complexity index is 393. The Balaban J connectivity index is 2.23. The second-order valence-electron chi connectivity index (χ2n) is 5.67. The molecular formula is C18H29BrO2. The lowest BCUT2D eigenvalue weighted by molar-refractivity contribution is 0.162. The number of hydrogen-bond donors (Lipinski definition) is 1. The number of benzene rings is 1. The minimum Gasteiger partial charge on any atom is -0.497 e. The summed E-state index contributed by atoms with van der Waals surface area (Å²) in [5.74, 6) is 0.795. The molecule has 1 aromatic rings. The third-order valence-electron chi connectivity index (χ3n) is 3.89. The Kier molecular flexibility index (Phi) is 9.77. The summed E-state index contributed by atoms with van der Waals surface area (Å²) in [5, 5.41) is 10.3. The second-order valence-corrected chi connectivity index (χ2v) is 6.52. The number of hydrogen-bond acceptors (Lipinski definition) is 2. The van der Waals surface area contributed by atoms with E-state index in [0.29, 0.717) is 0 Å². The summed E-state index contributed by atoms with van der Waals surface area (Å²) in [6.07, 6.45) is 10.7. The van der Waals surface area contributed by atoms with Gasteiger partial charge < -0.3 is 9.84 Å². The molecule has 1 rings (SSSR count). The predicted octanol–water partition coefficient (Wildman–Crippen LogP) is 6.02. The number of aliphatic hydroxyl groups excluding tert-OH is 1. The highest BCUT2D eigenvalue weighted by Gasteiger charge is 2.12. The zero-order chi connectivity index (χ0) is 15.5. The van der Waals surface area contributed by atoms with Crippen molar-refractivity contribution >= 4 is 15.9 Å². The van der Waals surface area contributed by atoms with Gasteiger partial charge in [-0.1, -0.05) is 74.2 Å². The molecule has 21 heavy (non-hydrogen) atoms. The van der Waals surface area contributed by atoms with Crippen LogP contribution in [0.1, 0.15) is 76.4 Å². The van der Waals surface area contributed by atoms with Crippen LogP contribution >= 0.6 is 15.9 Å². The van der Waals surface area contributed by atoms with Gasteiger partial charge in [-0.15, -0.1) is 0 Å². The average molecular weight is 357 g/mol. The van der Waals surface area contributed by atoms with Crippen LogP contribution < -0.4 is 4.74 Å². The number of ether oxygens (including phenoxy) is 1. The van der Waals surface area contributed by atoms with Crippen LogP contribution in [0.4, 0.5) is 0 Å². The molecule has 0 spiro atoms. The maximum Gasteiger partial charge on any atom is 0.119 e. The molecule has 0 aliphatic rings. The van der Waals surface area contributed by atoms with Gasteiger partial charge in [0.15, 0.2) is 0 Å². The molecule has 0 saturated heterocycles. The molecule has 0 aliphatic carbocycles. The monoisotopic (exact) mass is 356 g/mol. The highest BCUT2D eigenvalue weighted by molar-refractivity contribution is 9.10. The van der Waals surface area contributed by atoms with Crippen molar-refractivity contribution in [1.82, 2.24) is 0 Å². The highest BCUT2D eigenvalue weighted by atomic mass is 79.9. The molecular weight excluding hydrogens is 328 g/mol. The molecule has 120 valence electrons. The van der Waals surface area contributed by atoms with Gasteiger partial charge in [0, 0.05) is 4.47 Å². The minimum atomic E-state index is -0.408. The Morgan fingerprint density at radius 3 is 2.29 bits per heavy atom. The van der Waals surface area contributed by atoms with E-state index in [1.165, 1.54) is 44.9 Å². The topological polar surface area (TPSA) is 29.5 Å². The van der Waals surface area contributed by atoms with Gasteiger partial charge in [-0.3, -0.25) is 0 Å². The van der Waals surface area contributed by atoms with Gasteiger partial charge in [-0.05, 0) is 30.2 Å². The van der Waals surface area contributed by atoms with E-state index in [-0.39, 0.29) is 0 Å². The van der Waals surface area contributed by atoms with Gasteiger partial charge in [-0.2, -0.15) is 0 Å². The van der Waals surface area contributed by atoms with Crippen LogP contribution in [0.25, 0.3) is 0 Å². The van der Waals surface area contributed by atoms with Crippen LogP contribution in [-0.4, -0.2) is 12.2 Å². The fraction of sp³-hybridized carbons (Fsp3) is 0.667. The Morgan fingerprint density at radius 1 is 1.05 bits per heavy atom. The van der Waals surface area contributed by atoms with E-state index >= 15 is 0 Å². The third kappa shape index (κ3) is 7.32. The normalized spacial score (nSPS) is 12.4. The first-order valence-electron chi connectivity index (χ1n) is 8.20. The Labute approximate surface area is 138 Å².